The molecule has 2 aromatic rings. The Balaban J connectivity index is 2.10. The van der Waals surface area contributed by atoms with Crippen molar-refractivity contribution in [1.29, 1.82) is 0 Å². The van der Waals surface area contributed by atoms with Gasteiger partial charge in [-0.15, -0.1) is 11.3 Å². The topological polar surface area (TPSA) is 30.7 Å². The average molecular weight is 193 g/mol. The Morgan fingerprint density at radius 3 is 3.08 bits per heavy atom. The maximum absolute atomic E-state index is 4.33. The van der Waals surface area contributed by atoms with E-state index in [1.54, 1.807) is 17.5 Å². The first kappa shape index (κ1) is 8.44. The highest BCUT2D eigenvalue weighted by Gasteiger charge is 2.00. The van der Waals surface area contributed by atoms with Gasteiger partial charge in [0.25, 0.3) is 0 Å². The van der Waals surface area contributed by atoms with E-state index in [1.165, 1.54) is 4.88 Å². The van der Waals surface area contributed by atoms with E-state index in [-0.39, 0.29) is 0 Å². The highest BCUT2D eigenvalue weighted by atomic mass is 32.1. The number of thiazole rings is 1. The Morgan fingerprint density at radius 1 is 1.54 bits per heavy atom. The number of imidazole rings is 1. The average Bonchev–Trinajstić information content (AvgIpc) is 2.76. The summed E-state index contributed by atoms with van der Waals surface area (Å²) < 4.78 is 2.03. The number of hydrogen-bond donors (Lipinski definition) is 0. The normalized spacial score (nSPS) is 10.5. The zero-order valence-corrected chi connectivity index (χ0v) is 8.29. The largest absolute Gasteiger partial charge is 0.331 e. The third-order valence-electron chi connectivity index (χ3n) is 1.83. The molecular formula is C9H11N3S. The van der Waals surface area contributed by atoms with Crippen molar-refractivity contribution in [1.82, 2.24) is 14.5 Å². The molecule has 0 N–H and O–H groups in total. The van der Waals surface area contributed by atoms with Gasteiger partial charge < -0.3 is 4.57 Å². The number of rotatable bonds is 3. The lowest BCUT2D eigenvalue weighted by Crippen LogP contribution is -1.94. The third kappa shape index (κ3) is 1.95. The predicted octanol–water partition coefficient (Wildman–Crippen LogP) is 1.95. The molecule has 0 unspecified atom stereocenters. The van der Waals surface area contributed by atoms with Gasteiger partial charge in [0.2, 0.25) is 0 Å². The van der Waals surface area contributed by atoms with Crippen LogP contribution in [-0.4, -0.2) is 14.5 Å². The Bertz CT molecular complexity index is 364. The van der Waals surface area contributed by atoms with E-state index in [0.29, 0.717) is 0 Å². The van der Waals surface area contributed by atoms with Gasteiger partial charge in [0.05, 0.1) is 12.9 Å². The summed E-state index contributed by atoms with van der Waals surface area (Å²) in [6.45, 7) is 2.99. The minimum Gasteiger partial charge on any atom is -0.331 e. The summed E-state index contributed by atoms with van der Waals surface area (Å²) in [5, 5.41) is 1.15. The van der Waals surface area contributed by atoms with Crippen molar-refractivity contribution in [2.75, 3.05) is 0 Å². The fraction of sp³-hybridized carbons (Fsp3) is 0.333. The summed E-state index contributed by atoms with van der Waals surface area (Å²) in [4.78, 5) is 9.66. The molecule has 0 atom stereocenters. The van der Waals surface area contributed by atoms with Crippen molar-refractivity contribution < 1.29 is 0 Å². The van der Waals surface area contributed by atoms with E-state index in [4.69, 9.17) is 0 Å². The molecule has 13 heavy (non-hydrogen) atoms. The lowest BCUT2D eigenvalue weighted by molar-refractivity contribution is 0.790. The fourth-order valence-electron chi connectivity index (χ4n) is 1.12. The first-order valence-corrected chi connectivity index (χ1v) is 5.09. The van der Waals surface area contributed by atoms with Crippen LogP contribution in [0.2, 0.25) is 0 Å². The molecule has 0 saturated heterocycles. The molecule has 0 saturated carbocycles. The molecule has 0 aliphatic carbocycles. The molecule has 2 aromatic heterocycles. The molecule has 0 fully saturated rings. The summed E-state index contributed by atoms with van der Waals surface area (Å²) >= 11 is 1.77. The predicted molar refractivity (Wildman–Crippen MR) is 52.8 cm³/mol. The van der Waals surface area contributed by atoms with E-state index in [2.05, 4.69) is 16.9 Å². The number of nitrogens with zero attached hydrogens (tertiary/aromatic N) is 3. The van der Waals surface area contributed by atoms with Crippen molar-refractivity contribution in [2.45, 2.75) is 19.9 Å². The van der Waals surface area contributed by atoms with Crippen LogP contribution in [0.3, 0.4) is 0 Å². The van der Waals surface area contributed by atoms with Gasteiger partial charge in [0, 0.05) is 23.5 Å². The lowest BCUT2D eigenvalue weighted by Gasteiger charge is -1.95. The van der Waals surface area contributed by atoms with E-state index < -0.39 is 0 Å². The van der Waals surface area contributed by atoms with Crippen LogP contribution in [0, 0.1) is 0 Å². The van der Waals surface area contributed by atoms with Gasteiger partial charge in [-0.25, -0.2) is 9.97 Å². The second-order valence-corrected chi connectivity index (χ2v) is 4.01. The first-order chi connectivity index (χ1) is 6.38. The summed E-state index contributed by atoms with van der Waals surface area (Å²) in [5.74, 6) is 0. The van der Waals surface area contributed by atoms with Crippen LogP contribution in [0.25, 0.3) is 0 Å². The van der Waals surface area contributed by atoms with Gasteiger partial charge in [0.15, 0.2) is 0 Å². The van der Waals surface area contributed by atoms with Crippen molar-refractivity contribution in [3.63, 3.8) is 0 Å². The molecule has 3 nitrogen and oxygen atoms in total. The van der Waals surface area contributed by atoms with Crippen molar-refractivity contribution >= 4 is 11.3 Å². The molecule has 0 radical (unpaired) electrons. The van der Waals surface area contributed by atoms with E-state index >= 15 is 0 Å². The monoisotopic (exact) mass is 193 g/mol. The quantitative estimate of drug-likeness (QED) is 0.746. The van der Waals surface area contributed by atoms with Gasteiger partial charge in [-0.1, -0.05) is 6.92 Å². The Morgan fingerprint density at radius 2 is 2.46 bits per heavy atom. The molecule has 0 aliphatic rings. The first-order valence-electron chi connectivity index (χ1n) is 4.28. The number of hydrogen-bond acceptors (Lipinski definition) is 3. The molecule has 2 heterocycles. The Labute approximate surface area is 81.1 Å². The maximum Gasteiger partial charge on any atom is 0.113 e. The van der Waals surface area contributed by atoms with E-state index in [9.17, 15) is 0 Å². The van der Waals surface area contributed by atoms with Crippen molar-refractivity contribution in [2.24, 2.45) is 0 Å². The lowest BCUT2D eigenvalue weighted by atomic mass is 10.4. The summed E-state index contributed by atoms with van der Waals surface area (Å²) in [6, 6.07) is 0. The van der Waals surface area contributed by atoms with Crippen LogP contribution >= 0.6 is 11.3 Å². The van der Waals surface area contributed by atoms with Crippen molar-refractivity contribution in [3.05, 3.63) is 34.8 Å². The van der Waals surface area contributed by atoms with Crippen LogP contribution in [0.1, 0.15) is 16.8 Å². The minimum absolute atomic E-state index is 0.838. The standard InChI is InChI=1S/C9H11N3S/c1-2-8-5-11-9(13-8)6-12-4-3-10-7-12/h3-5,7H,2,6H2,1H3. The molecule has 68 valence electrons. The second kappa shape index (κ2) is 3.70. The Kier molecular flexibility index (Phi) is 2.40. The summed E-state index contributed by atoms with van der Waals surface area (Å²) in [6.07, 6.45) is 8.58. The zero-order chi connectivity index (χ0) is 9.10. The SMILES string of the molecule is CCc1cnc(Cn2ccnc2)s1. The fourth-order valence-corrected chi connectivity index (χ4v) is 1.99. The summed E-state index contributed by atoms with van der Waals surface area (Å²) in [5.41, 5.74) is 0. The molecule has 0 aliphatic heterocycles. The third-order valence-corrected chi connectivity index (χ3v) is 2.95. The molecule has 0 spiro atoms. The van der Waals surface area contributed by atoms with Gasteiger partial charge >= 0.3 is 0 Å². The smallest absolute Gasteiger partial charge is 0.113 e. The molecule has 0 aromatic carbocycles. The number of aryl methyl sites for hydroxylation is 1. The van der Waals surface area contributed by atoms with Gasteiger partial charge in [-0.3, -0.25) is 0 Å². The van der Waals surface area contributed by atoms with Crippen molar-refractivity contribution in [3.8, 4) is 0 Å². The van der Waals surface area contributed by atoms with E-state index in [0.717, 1.165) is 18.0 Å². The van der Waals surface area contributed by atoms with Crippen LogP contribution in [0.4, 0.5) is 0 Å². The highest BCUT2D eigenvalue weighted by molar-refractivity contribution is 7.11. The van der Waals surface area contributed by atoms with Gasteiger partial charge in [-0.05, 0) is 6.42 Å². The highest BCUT2D eigenvalue weighted by Crippen LogP contribution is 2.14. The van der Waals surface area contributed by atoms with Crippen LogP contribution < -0.4 is 0 Å². The second-order valence-electron chi connectivity index (χ2n) is 2.81. The van der Waals surface area contributed by atoms with Crippen LogP contribution in [0.5, 0.6) is 0 Å². The number of aromatic nitrogens is 3. The molecule has 2 rings (SSSR count). The Hall–Kier alpha value is -1.16. The van der Waals surface area contributed by atoms with Crippen LogP contribution in [-0.2, 0) is 13.0 Å². The van der Waals surface area contributed by atoms with Crippen LogP contribution in [0.15, 0.2) is 24.9 Å². The van der Waals surface area contributed by atoms with Gasteiger partial charge in [0.1, 0.15) is 5.01 Å². The zero-order valence-electron chi connectivity index (χ0n) is 7.47. The van der Waals surface area contributed by atoms with Gasteiger partial charge in [-0.2, -0.15) is 0 Å². The maximum atomic E-state index is 4.33. The molecule has 4 heteroatoms. The minimum atomic E-state index is 0.838. The molecule has 0 bridgehead atoms. The summed E-state index contributed by atoms with van der Waals surface area (Å²) in [7, 11) is 0. The van der Waals surface area contributed by atoms with E-state index in [1.807, 2.05) is 23.3 Å². The molecular weight excluding hydrogens is 182 g/mol. The molecule has 0 amide bonds.